The van der Waals surface area contributed by atoms with Gasteiger partial charge < -0.3 is 4.42 Å². The Labute approximate surface area is 392 Å². The summed E-state index contributed by atoms with van der Waals surface area (Å²) < 4.78 is 6.82. The van der Waals surface area contributed by atoms with E-state index in [1.54, 1.807) is 22.3 Å². The van der Waals surface area contributed by atoms with E-state index in [4.69, 9.17) is 19.4 Å². The van der Waals surface area contributed by atoms with Gasteiger partial charge in [-0.05, 0) is 130 Å². The molecular formula is C63H51N3O. The summed E-state index contributed by atoms with van der Waals surface area (Å²) in [4.78, 5) is 15.3. The van der Waals surface area contributed by atoms with Crippen LogP contribution in [0.5, 0.6) is 0 Å². The molecule has 0 saturated heterocycles. The maximum Gasteiger partial charge on any atom is 0.167 e. The maximum absolute atomic E-state index is 6.82. The van der Waals surface area contributed by atoms with Gasteiger partial charge in [0.15, 0.2) is 17.5 Å². The first kappa shape index (κ1) is 39.0. The number of furan rings is 1. The van der Waals surface area contributed by atoms with E-state index in [9.17, 15) is 0 Å². The molecule has 2 fully saturated rings. The maximum atomic E-state index is 6.82. The summed E-state index contributed by atoms with van der Waals surface area (Å²) >= 11 is 0. The van der Waals surface area contributed by atoms with Crippen LogP contribution in [0.1, 0.15) is 105 Å². The van der Waals surface area contributed by atoms with Crippen molar-refractivity contribution in [3.05, 3.63) is 197 Å². The van der Waals surface area contributed by atoms with Crippen molar-refractivity contribution >= 4 is 33.1 Å². The summed E-state index contributed by atoms with van der Waals surface area (Å²) in [6.45, 7) is 0. The normalized spacial score (nSPS) is 17.7. The van der Waals surface area contributed by atoms with Gasteiger partial charge >= 0.3 is 0 Å². The van der Waals surface area contributed by atoms with Crippen molar-refractivity contribution in [3.8, 4) is 56.4 Å². The van der Waals surface area contributed by atoms with Crippen molar-refractivity contribution in [1.29, 1.82) is 0 Å². The predicted octanol–water partition coefficient (Wildman–Crippen LogP) is 16.5. The van der Waals surface area contributed by atoms with Crippen LogP contribution in [0.25, 0.3) is 89.5 Å². The Hall–Kier alpha value is -7.17. The highest BCUT2D eigenvalue weighted by Gasteiger charge is 2.49. The lowest BCUT2D eigenvalue weighted by Crippen LogP contribution is -2.30. The number of rotatable bonds is 5. The first-order valence-electron chi connectivity index (χ1n) is 24.8. The number of nitrogens with zero attached hydrogens (tertiary/aromatic N) is 3. The van der Waals surface area contributed by atoms with Crippen LogP contribution >= 0.6 is 0 Å². The molecule has 2 spiro atoms. The zero-order valence-electron chi connectivity index (χ0n) is 37.8. The van der Waals surface area contributed by atoms with E-state index in [1.165, 1.54) is 103 Å². The van der Waals surface area contributed by atoms with Gasteiger partial charge in [-0.3, -0.25) is 0 Å². The SMILES string of the molecule is C1=C(c2ccc3oc4c(-c5nc(-c6ccccc6)nc(-c6ccc(-c7ccccc7)cc6)n5)cccc4c3c2)CCC2=C1c1cc3c(cc1C21CCCCC1)-c1ccccc1C31CCCCC1. The van der Waals surface area contributed by atoms with Crippen LogP contribution in [0.4, 0.5) is 0 Å². The Bertz CT molecular complexity index is 3510. The molecule has 5 aliphatic carbocycles. The van der Waals surface area contributed by atoms with E-state index in [1.807, 2.05) is 24.3 Å². The molecule has 14 rings (SSSR count). The van der Waals surface area contributed by atoms with Gasteiger partial charge in [0, 0.05) is 32.7 Å². The molecule has 4 nitrogen and oxygen atoms in total. The second-order valence-corrected chi connectivity index (χ2v) is 19.9. The molecule has 7 aromatic carbocycles. The van der Waals surface area contributed by atoms with Crippen LogP contribution in [-0.2, 0) is 10.8 Å². The molecule has 67 heavy (non-hydrogen) atoms. The van der Waals surface area contributed by atoms with Crippen molar-refractivity contribution in [3.63, 3.8) is 0 Å². The van der Waals surface area contributed by atoms with Crippen molar-refractivity contribution in [2.75, 3.05) is 0 Å². The van der Waals surface area contributed by atoms with Crippen LogP contribution in [0.3, 0.4) is 0 Å². The molecule has 0 atom stereocenters. The number of hydrogen-bond acceptors (Lipinski definition) is 4. The van der Waals surface area contributed by atoms with Crippen LogP contribution in [0, 0.1) is 0 Å². The van der Waals surface area contributed by atoms with E-state index >= 15 is 0 Å². The lowest BCUT2D eigenvalue weighted by Gasteiger charge is -2.39. The van der Waals surface area contributed by atoms with Gasteiger partial charge in [0.05, 0.1) is 5.56 Å². The van der Waals surface area contributed by atoms with Crippen LogP contribution in [0.15, 0.2) is 174 Å². The highest BCUT2D eigenvalue weighted by Crippen LogP contribution is 2.63. The molecule has 2 heterocycles. The summed E-state index contributed by atoms with van der Waals surface area (Å²) in [7, 11) is 0. The first-order valence-corrected chi connectivity index (χ1v) is 24.8. The average molecular weight is 866 g/mol. The molecular weight excluding hydrogens is 815 g/mol. The summed E-state index contributed by atoms with van der Waals surface area (Å²) in [5.41, 5.74) is 22.4. The van der Waals surface area contributed by atoms with Gasteiger partial charge in [-0.15, -0.1) is 0 Å². The van der Waals surface area contributed by atoms with Gasteiger partial charge in [-0.1, -0.05) is 178 Å². The number of para-hydroxylation sites is 1. The molecule has 9 aromatic rings. The fraction of sp³-hybridized carbons (Fsp3) is 0.222. The van der Waals surface area contributed by atoms with Crippen molar-refractivity contribution in [1.82, 2.24) is 15.0 Å². The third-order valence-corrected chi connectivity index (χ3v) is 16.5. The minimum absolute atomic E-state index is 0.149. The van der Waals surface area contributed by atoms with Crippen LogP contribution in [-0.4, -0.2) is 15.0 Å². The topological polar surface area (TPSA) is 51.8 Å². The quantitative estimate of drug-likeness (QED) is 0.173. The fourth-order valence-electron chi connectivity index (χ4n) is 13.4. The smallest absolute Gasteiger partial charge is 0.167 e. The molecule has 5 aliphatic rings. The summed E-state index contributed by atoms with van der Waals surface area (Å²) in [6.07, 6.45) is 17.8. The molecule has 0 amide bonds. The Morgan fingerprint density at radius 1 is 0.388 bits per heavy atom. The van der Waals surface area contributed by atoms with Crippen molar-refractivity contribution in [2.24, 2.45) is 0 Å². The largest absolute Gasteiger partial charge is 0.455 e. The van der Waals surface area contributed by atoms with Crippen LogP contribution in [0.2, 0.25) is 0 Å². The predicted molar refractivity (Wildman–Crippen MR) is 273 cm³/mol. The van der Waals surface area contributed by atoms with Gasteiger partial charge in [0.25, 0.3) is 0 Å². The van der Waals surface area contributed by atoms with Gasteiger partial charge in [-0.2, -0.15) is 0 Å². The first-order chi connectivity index (χ1) is 33.1. The van der Waals surface area contributed by atoms with Gasteiger partial charge in [0.2, 0.25) is 0 Å². The van der Waals surface area contributed by atoms with E-state index in [0.717, 1.165) is 57.0 Å². The third-order valence-electron chi connectivity index (χ3n) is 16.5. The van der Waals surface area contributed by atoms with Crippen molar-refractivity contribution < 1.29 is 4.42 Å². The third kappa shape index (κ3) is 6.01. The molecule has 4 heteroatoms. The molecule has 2 aromatic heterocycles. The second kappa shape index (κ2) is 15.2. The standard InChI is InChI=1S/C63H51N3O/c1-5-16-40(17-6-1)41-24-26-43(27-25-41)60-64-59(42-18-7-2-8-19-42)65-61(66-60)48-22-15-21-47-52-37-45(29-31-57(52)67-58(47)48)44-28-30-54-49(36-44)51-39-55-50(38-56(51)63(54)34-13-4-14-35-63)46-20-9-10-23-53(46)62(55)32-11-3-12-33-62/h1-2,5-10,15-27,29,31,36-39H,3-4,11-14,28,30,32-35H2. The highest BCUT2D eigenvalue weighted by atomic mass is 16.3. The lowest BCUT2D eigenvalue weighted by molar-refractivity contribution is 0.337. The Kier molecular flexibility index (Phi) is 8.85. The summed E-state index contributed by atoms with van der Waals surface area (Å²) in [5, 5.41) is 2.19. The number of fused-ring (bicyclic) bond motifs is 12. The number of benzene rings is 7. The van der Waals surface area contributed by atoms with E-state index in [-0.39, 0.29) is 10.8 Å². The van der Waals surface area contributed by atoms with Crippen molar-refractivity contribution in [2.45, 2.75) is 87.9 Å². The monoisotopic (exact) mass is 865 g/mol. The highest BCUT2D eigenvalue weighted by molar-refractivity contribution is 6.10. The van der Waals surface area contributed by atoms with Gasteiger partial charge in [-0.25, -0.2) is 15.0 Å². The fourth-order valence-corrected chi connectivity index (χ4v) is 13.4. The Morgan fingerprint density at radius 3 is 1.73 bits per heavy atom. The average Bonchev–Trinajstić information content (AvgIpc) is 4.00. The Balaban J connectivity index is 0.871. The molecule has 0 bridgehead atoms. The van der Waals surface area contributed by atoms with Crippen LogP contribution < -0.4 is 0 Å². The van der Waals surface area contributed by atoms with E-state index in [2.05, 4.69) is 140 Å². The van der Waals surface area contributed by atoms with Gasteiger partial charge in [0.1, 0.15) is 11.2 Å². The molecule has 0 radical (unpaired) electrons. The molecule has 324 valence electrons. The molecule has 0 aliphatic heterocycles. The van der Waals surface area contributed by atoms with E-state index in [0.29, 0.717) is 17.5 Å². The zero-order valence-corrected chi connectivity index (χ0v) is 37.8. The molecule has 0 unspecified atom stereocenters. The number of allylic oxidation sites excluding steroid dienone is 4. The number of aromatic nitrogens is 3. The number of hydrogen-bond donors (Lipinski definition) is 0. The summed E-state index contributed by atoms with van der Waals surface area (Å²) in [6, 6.07) is 57.3. The lowest BCUT2D eigenvalue weighted by atomic mass is 9.64. The Morgan fingerprint density at radius 2 is 0.970 bits per heavy atom. The van der Waals surface area contributed by atoms with E-state index < -0.39 is 0 Å². The zero-order chi connectivity index (χ0) is 44.1. The molecule has 0 N–H and O–H groups in total. The minimum atomic E-state index is 0.149. The molecule has 2 saturated carbocycles. The summed E-state index contributed by atoms with van der Waals surface area (Å²) in [5.74, 6) is 1.85. The second-order valence-electron chi connectivity index (χ2n) is 19.9. The minimum Gasteiger partial charge on any atom is -0.455 e.